The van der Waals surface area contributed by atoms with Gasteiger partial charge in [-0.2, -0.15) is 0 Å². The molecular formula is C51H80O20. The number of aliphatic hydroxyl groups is 9. The number of rotatable bonds is 10. The quantitative estimate of drug-likeness (QED) is 0.107. The first-order valence-corrected chi connectivity index (χ1v) is 25.5. The van der Waals surface area contributed by atoms with Crippen LogP contribution in [0.1, 0.15) is 114 Å². The number of methoxy groups -OCH3 is 1. The van der Waals surface area contributed by atoms with Gasteiger partial charge in [-0.1, -0.05) is 60.1 Å². The van der Waals surface area contributed by atoms with Gasteiger partial charge in [0.05, 0.1) is 30.3 Å². The normalized spacial score (nSPS) is 51.4. The van der Waals surface area contributed by atoms with E-state index < -0.39 is 146 Å². The molecule has 0 spiro atoms. The van der Waals surface area contributed by atoms with E-state index in [-0.39, 0.29) is 52.8 Å². The molecule has 20 nitrogen and oxygen atoms in total. The topological polar surface area (TPSA) is 307 Å². The maximum atomic E-state index is 15.1. The van der Waals surface area contributed by atoms with Gasteiger partial charge in [-0.05, 0) is 85.4 Å². The Bertz CT molecular complexity index is 2030. The highest BCUT2D eigenvalue weighted by Gasteiger charge is 2.72. The second-order valence-electron chi connectivity index (χ2n) is 24.3. The number of carbonyl (C=O) groups excluding carboxylic acids is 3. The largest absolute Gasteiger partial charge is 0.463 e. The van der Waals surface area contributed by atoms with Crippen molar-refractivity contribution in [3.63, 3.8) is 0 Å². The fourth-order valence-electron chi connectivity index (χ4n) is 15.1. The van der Waals surface area contributed by atoms with Crippen molar-refractivity contribution in [3.05, 3.63) is 11.6 Å². The monoisotopic (exact) mass is 1010 g/mol. The molecule has 8 aliphatic rings. The van der Waals surface area contributed by atoms with Gasteiger partial charge in [0.15, 0.2) is 12.6 Å². The number of ether oxygens (including phenoxy) is 8. The van der Waals surface area contributed by atoms with Gasteiger partial charge in [0.2, 0.25) is 6.29 Å². The Kier molecular flexibility index (Phi) is 15.0. The van der Waals surface area contributed by atoms with Crippen LogP contribution >= 0.6 is 0 Å². The zero-order chi connectivity index (χ0) is 52.3. The number of hydrogen-bond acceptors (Lipinski definition) is 20. The molecule has 71 heavy (non-hydrogen) atoms. The minimum atomic E-state index is -1.95. The third-order valence-electron chi connectivity index (χ3n) is 19.7. The van der Waals surface area contributed by atoms with E-state index in [0.717, 1.165) is 31.8 Å². The number of fused-ring (bicyclic) bond motifs is 7. The van der Waals surface area contributed by atoms with Crippen LogP contribution in [0.5, 0.6) is 0 Å². The van der Waals surface area contributed by atoms with Crippen molar-refractivity contribution in [1.82, 2.24) is 0 Å². The summed E-state index contributed by atoms with van der Waals surface area (Å²) in [5.41, 5.74) is -2.33. The molecule has 7 fully saturated rings. The number of esters is 2. The Morgan fingerprint density at radius 2 is 1.35 bits per heavy atom. The van der Waals surface area contributed by atoms with E-state index in [9.17, 15) is 55.5 Å². The van der Waals surface area contributed by atoms with Crippen LogP contribution in [0.15, 0.2) is 11.6 Å². The number of Topliss-reactive ketones (excluding diaryl/α,β-unsaturated/α-hetero) is 1. The SMILES string of the molecule is CO[C@@H]1C=C2[C@H]3CC(C)(C)C(=O)C[C@]3(C(=O)O[C@@H]3O[C@H](CO[C@@H]4O[C@H](COC(C)=O)[C@@H](O[C@@H]5O[C@@H](C)[C@H](O)[C@@H](O)[C@H]5O)[C@H](O)[C@H]4O)[C@@H](O)[C@H](O)[C@H]3O)CC[C@@]2(C)[C@]2(C)CC[C@H]3C(C)(C)[C@H](O)CC[C@]3(C)[C@@H]12. The number of hydrogen-bond donors (Lipinski definition) is 9. The molecule has 20 heteroatoms. The van der Waals surface area contributed by atoms with Gasteiger partial charge in [0.1, 0.15) is 79.5 Å². The van der Waals surface area contributed by atoms with Crippen molar-refractivity contribution >= 4 is 17.7 Å². The highest BCUT2D eigenvalue weighted by atomic mass is 16.8. The summed E-state index contributed by atoms with van der Waals surface area (Å²) in [4.78, 5) is 41.1. The molecular weight excluding hydrogens is 933 g/mol. The average molecular weight is 1010 g/mol. The summed E-state index contributed by atoms with van der Waals surface area (Å²) < 4.78 is 46.7. The molecule has 0 aromatic carbocycles. The molecule has 3 saturated heterocycles. The lowest BCUT2D eigenvalue weighted by atomic mass is 9.33. The van der Waals surface area contributed by atoms with Crippen LogP contribution in [0.4, 0.5) is 0 Å². The Hall–Kier alpha value is -2.25. The second-order valence-corrected chi connectivity index (χ2v) is 24.3. The fraction of sp³-hybridized carbons (Fsp3) is 0.902. The lowest BCUT2D eigenvalue weighted by Crippen LogP contribution is -2.68. The summed E-state index contributed by atoms with van der Waals surface area (Å²) in [5, 5.41) is 98.5. The van der Waals surface area contributed by atoms with Crippen molar-refractivity contribution in [2.75, 3.05) is 20.3 Å². The minimum absolute atomic E-state index is 0.0904. The maximum absolute atomic E-state index is 15.1. The lowest BCUT2D eigenvalue weighted by molar-refractivity contribution is -0.361. The van der Waals surface area contributed by atoms with E-state index in [1.165, 1.54) is 6.92 Å². The molecule has 3 aliphatic heterocycles. The Morgan fingerprint density at radius 3 is 2.01 bits per heavy atom. The van der Waals surface area contributed by atoms with Crippen LogP contribution in [0.3, 0.4) is 0 Å². The van der Waals surface area contributed by atoms with Gasteiger partial charge in [0, 0.05) is 31.8 Å². The van der Waals surface area contributed by atoms with Crippen molar-refractivity contribution in [2.24, 2.45) is 50.2 Å². The molecule has 0 aromatic rings. The molecule has 0 unspecified atom stereocenters. The summed E-state index contributed by atoms with van der Waals surface area (Å²) in [6.45, 7) is 16.5. The van der Waals surface area contributed by atoms with Gasteiger partial charge < -0.3 is 83.9 Å². The van der Waals surface area contributed by atoms with Gasteiger partial charge in [-0.25, -0.2) is 0 Å². The summed E-state index contributed by atoms with van der Waals surface area (Å²) in [7, 11) is 1.72. The fourth-order valence-corrected chi connectivity index (χ4v) is 15.1. The van der Waals surface area contributed by atoms with E-state index in [0.29, 0.717) is 19.3 Å². The summed E-state index contributed by atoms with van der Waals surface area (Å²) in [5.74, 6) is -1.82. The number of allylic oxidation sites excluding steroid dienone is 1. The smallest absolute Gasteiger partial charge is 0.315 e. The molecule has 404 valence electrons. The molecule has 0 amide bonds. The van der Waals surface area contributed by atoms with Crippen molar-refractivity contribution in [3.8, 4) is 0 Å². The van der Waals surface area contributed by atoms with E-state index >= 15 is 4.79 Å². The number of aliphatic hydroxyl groups excluding tert-OH is 9. The first kappa shape index (κ1) is 55.0. The predicted octanol–water partition coefficient (Wildman–Crippen LogP) is 0.543. The van der Waals surface area contributed by atoms with Crippen LogP contribution in [0, 0.1) is 50.2 Å². The third-order valence-corrected chi connectivity index (χ3v) is 19.7. The highest BCUT2D eigenvalue weighted by molar-refractivity contribution is 5.92. The number of ketones is 1. The van der Waals surface area contributed by atoms with E-state index in [1.54, 1.807) is 7.11 Å². The van der Waals surface area contributed by atoms with Crippen molar-refractivity contribution in [1.29, 1.82) is 0 Å². The summed E-state index contributed by atoms with van der Waals surface area (Å²) >= 11 is 0. The summed E-state index contributed by atoms with van der Waals surface area (Å²) in [6.07, 6.45) is -19.4. The molecule has 24 atom stereocenters. The van der Waals surface area contributed by atoms with Gasteiger partial charge >= 0.3 is 11.9 Å². The van der Waals surface area contributed by atoms with Crippen LogP contribution in [-0.2, 0) is 52.3 Å². The van der Waals surface area contributed by atoms with Crippen LogP contribution in [0.2, 0.25) is 0 Å². The molecule has 3 heterocycles. The first-order chi connectivity index (χ1) is 33.0. The van der Waals surface area contributed by atoms with Crippen LogP contribution in [0.25, 0.3) is 0 Å². The zero-order valence-electron chi connectivity index (χ0n) is 42.7. The van der Waals surface area contributed by atoms with Gasteiger partial charge in [-0.3, -0.25) is 14.4 Å². The molecule has 5 aliphatic carbocycles. The van der Waals surface area contributed by atoms with Crippen molar-refractivity contribution < 1.29 is 98.2 Å². The van der Waals surface area contributed by atoms with E-state index in [1.807, 2.05) is 13.8 Å². The minimum Gasteiger partial charge on any atom is -0.463 e. The molecule has 0 bridgehead atoms. The van der Waals surface area contributed by atoms with Crippen LogP contribution < -0.4 is 0 Å². The highest BCUT2D eigenvalue weighted by Crippen LogP contribution is 2.76. The second kappa shape index (κ2) is 19.4. The molecule has 8 rings (SSSR count). The molecule has 9 N–H and O–H groups in total. The van der Waals surface area contributed by atoms with Crippen molar-refractivity contribution in [2.45, 2.75) is 218 Å². The Balaban J connectivity index is 1.02. The molecule has 0 aromatic heterocycles. The maximum Gasteiger partial charge on any atom is 0.315 e. The zero-order valence-corrected chi connectivity index (χ0v) is 42.7. The predicted molar refractivity (Wildman–Crippen MR) is 245 cm³/mol. The lowest BCUT2D eigenvalue weighted by Gasteiger charge is -2.72. The van der Waals surface area contributed by atoms with E-state index in [2.05, 4.69) is 40.7 Å². The molecule has 4 saturated carbocycles. The standard InChI is InChI=1S/C51H80O20/c1-22-32(55)34(57)37(60)43(67-22)70-40-28(21-65-23(2)52)69-42(39(62)36(40)59)66-20-27-33(56)35(58)38(61)44(68-27)71-45(63)51-16-15-49(8)24(25(51)18-46(3,4)31(54)19-51)17-26(64-10)41-48(7)13-12-30(53)47(5,6)29(48)11-14-50(41,49)9/h17,22,25-30,32-44,53,55-62H,11-16,18-21H2,1-10H3/t22-,25+,26+,27+,28+,29-,30+,32-,33+,34+,35-,36+,37+,38+,39+,40+,41+,42+,43-,44-,48-,49+,50+,51+/m0/s1. The third kappa shape index (κ3) is 8.87. The van der Waals surface area contributed by atoms with E-state index in [4.69, 9.17) is 37.9 Å². The molecule has 0 radical (unpaired) electrons. The number of carbonyl (C=O) groups is 3. The first-order valence-electron chi connectivity index (χ1n) is 25.5. The Labute approximate surface area is 415 Å². The summed E-state index contributed by atoms with van der Waals surface area (Å²) in [6, 6.07) is 0. The van der Waals surface area contributed by atoms with Gasteiger partial charge in [-0.15, -0.1) is 0 Å². The van der Waals surface area contributed by atoms with Crippen LogP contribution in [-0.4, -0.2) is 188 Å². The average Bonchev–Trinajstić information content (AvgIpc) is 3.30. The van der Waals surface area contributed by atoms with Gasteiger partial charge in [0.25, 0.3) is 0 Å². The Morgan fingerprint density at radius 1 is 0.718 bits per heavy atom.